The number of hydrogen-bond acceptors (Lipinski definition) is 5. The Hall–Kier alpha value is -1.34. The van der Waals surface area contributed by atoms with E-state index in [-0.39, 0.29) is 17.1 Å². The number of aromatic hydroxyl groups is 2. The van der Waals surface area contributed by atoms with Gasteiger partial charge in [-0.3, -0.25) is 0 Å². The maximum atomic E-state index is 9.61. The summed E-state index contributed by atoms with van der Waals surface area (Å²) in [5, 5.41) is 14.2. The van der Waals surface area contributed by atoms with Crippen molar-refractivity contribution in [3.8, 4) is 17.2 Å². The number of halogens is 1. The molecule has 0 saturated carbocycles. The van der Waals surface area contributed by atoms with Crippen molar-refractivity contribution in [3.05, 3.63) is 83.4 Å². The Bertz CT molecular complexity index is 971. The van der Waals surface area contributed by atoms with Gasteiger partial charge < -0.3 is 15.0 Å². The van der Waals surface area contributed by atoms with Gasteiger partial charge in [-0.05, 0) is 93.9 Å². The molecule has 3 aromatic rings. The van der Waals surface area contributed by atoms with Crippen LogP contribution in [-0.2, 0) is 11.8 Å². The molecule has 0 amide bonds. The average molecular weight is 542 g/mol. The minimum atomic E-state index is -0.182. The molecule has 2 atom stereocenters. The van der Waals surface area contributed by atoms with E-state index in [2.05, 4.69) is 51.9 Å². The van der Waals surface area contributed by atoms with Crippen molar-refractivity contribution in [1.29, 1.82) is 1.43 Å². The van der Waals surface area contributed by atoms with Crippen LogP contribution in [0.5, 0.6) is 17.2 Å². The first-order chi connectivity index (χ1) is 14.0. The van der Waals surface area contributed by atoms with E-state index in [1.165, 1.54) is 5.56 Å². The maximum Gasteiger partial charge on any atom is 0.293 e. The lowest BCUT2D eigenvalue weighted by Crippen LogP contribution is -2.19. The number of rotatable bonds is 3. The van der Waals surface area contributed by atoms with E-state index < -0.39 is 0 Å². The summed E-state index contributed by atoms with van der Waals surface area (Å²) in [4.78, 5) is 2.09. The van der Waals surface area contributed by atoms with Crippen LogP contribution in [0.4, 0.5) is 0 Å². The second kappa shape index (κ2) is 9.92. The molecule has 0 saturated heterocycles. The molecule has 144 valence electrons. The largest absolute Gasteiger partial charge is 0.508 e. The number of phenolic OH excluding ortho intramolecular Hbond substituents is 2. The lowest BCUT2D eigenvalue weighted by molar-refractivity contribution is 0.191. The molecule has 4 rings (SSSR count). The van der Waals surface area contributed by atoms with Crippen molar-refractivity contribution in [2.45, 2.75) is 23.2 Å². The number of benzene rings is 3. The monoisotopic (exact) mass is 542 g/mol. The van der Waals surface area contributed by atoms with E-state index >= 15 is 0 Å². The first kappa shape index (κ1) is 20.0. The van der Waals surface area contributed by atoms with Crippen LogP contribution in [0.25, 0.3) is 0 Å². The minimum Gasteiger partial charge on any atom is -0.508 e. The van der Waals surface area contributed by atoms with Crippen LogP contribution in [0.3, 0.4) is 0 Å². The van der Waals surface area contributed by atoms with Crippen LogP contribution in [0.15, 0.2) is 71.6 Å². The number of fused-ring (bicyclic) bond motifs is 1. The molecule has 1 aliphatic rings. The van der Waals surface area contributed by atoms with E-state index in [1.54, 1.807) is 36.0 Å². The highest BCUT2D eigenvalue weighted by molar-refractivity contribution is 14.2. The van der Waals surface area contributed by atoms with Crippen molar-refractivity contribution in [2.75, 3.05) is 0 Å². The lowest BCUT2D eigenvalue weighted by Gasteiger charge is -2.34. The first-order valence-corrected chi connectivity index (χ1v) is 14.0. The summed E-state index contributed by atoms with van der Waals surface area (Å²) < 4.78 is 13.4. The minimum absolute atomic E-state index is 0.0497. The fraction of sp³-hybridized carbons (Fsp3) is 0.143. The molecule has 1 aliphatic heterocycles. The molecule has 0 aromatic heterocycles. The zero-order valence-corrected chi connectivity index (χ0v) is 19.6. The summed E-state index contributed by atoms with van der Waals surface area (Å²) in [5.41, 5.74) is 3.30. The van der Waals surface area contributed by atoms with Gasteiger partial charge >= 0.3 is 0 Å². The molecule has 0 aliphatic carbocycles. The van der Waals surface area contributed by atoms with Crippen molar-refractivity contribution in [2.24, 2.45) is 0 Å². The molecule has 2 N–H and O–H groups in total. The third-order valence-electron chi connectivity index (χ3n) is 4.31. The molecule has 0 bridgehead atoms. The molecule has 0 fully saturated rings. The molecule has 7 heteroatoms. The van der Waals surface area contributed by atoms with Gasteiger partial charge in [-0.2, -0.15) is 0 Å². The molecule has 3 nitrogen and oxygen atoms in total. The van der Waals surface area contributed by atoms with Crippen LogP contribution in [-0.4, -0.2) is 11.6 Å². The van der Waals surface area contributed by atoms with Crippen molar-refractivity contribution >= 4 is 50.6 Å². The average Bonchev–Trinajstić information content (AvgIpc) is 2.74. The third kappa shape index (κ3) is 5.17. The Labute approximate surface area is 190 Å². The van der Waals surface area contributed by atoms with Crippen molar-refractivity contribution < 1.29 is 15.0 Å². The molecule has 1 heterocycles. The number of phenols is 2. The van der Waals surface area contributed by atoms with Crippen molar-refractivity contribution in [1.82, 2.24) is 0 Å². The van der Waals surface area contributed by atoms with Gasteiger partial charge in [-0.1, -0.05) is 30.3 Å². The second-order valence-corrected chi connectivity index (χ2v) is 11.5. The summed E-state index contributed by atoms with van der Waals surface area (Å²) in [5.74, 6) is 1.62. The molecule has 0 radical (unpaired) electrons. The van der Waals surface area contributed by atoms with E-state index in [0.717, 1.165) is 26.8 Å². The van der Waals surface area contributed by atoms with Gasteiger partial charge in [0.15, 0.2) is 0 Å². The topological polar surface area (TPSA) is 49.7 Å². The first-order valence-electron chi connectivity index (χ1n) is 8.86. The van der Waals surface area contributed by atoms with Crippen LogP contribution < -0.4 is 4.74 Å². The van der Waals surface area contributed by atoms with Crippen molar-refractivity contribution in [3.63, 3.8) is 0 Å². The lowest BCUT2D eigenvalue weighted by atomic mass is 10.00. The molecule has 0 unspecified atom stereocenters. The zero-order chi connectivity index (χ0) is 20.8. The van der Waals surface area contributed by atoms with Gasteiger partial charge in [0.2, 0.25) is 0 Å². The Balaban J connectivity index is 0.000000755. The van der Waals surface area contributed by atoms with Crippen LogP contribution in [0.1, 0.15) is 28.0 Å². The molecular weight excluding hydrogens is 522 g/mol. The summed E-state index contributed by atoms with van der Waals surface area (Å²) in [6.45, 7) is 2.07. The third-order valence-corrected chi connectivity index (χ3v) is 5.66. The van der Waals surface area contributed by atoms with Crippen LogP contribution in [0, 0.1) is 6.92 Å². The Morgan fingerprint density at radius 2 is 1.64 bits per heavy atom. The Kier molecular flexibility index (Phi) is 7.07. The van der Waals surface area contributed by atoms with Gasteiger partial charge in [0.05, 0.1) is 10.1 Å². The number of ether oxygens (including phenoxy) is 1. The second-order valence-electron chi connectivity index (χ2n) is 6.26. The van der Waals surface area contributed by atoms with Crippen LogP contribution in [0.2, 0.25) is 0 Å². The highest BCUT2D eigenvalue weighted by atomic mass is 127. The fourth-order valence-corrected chi connectivity index (χ4v) is 4.40. The van der Waals surface area contributed by atoms with E-state index in [0.29, 0.717) is 5.75 Å². The molecule has 3 aromatic carbocycles. The predicted molar refractivity (Wildman–Crippen MR) is 128 cm³/mol. The smallest absolute Gasteiger partial charge is 0.293 e. The number of aryl methyl sites for hydroxylation is 1. The standard InChI is InChI=1S/C21H18O3S.IPS/c1-13-2-11-18-19(12-13)25-21(15-5-9-17(23)10-6-15)20(24-18)14-3-7-16(22)8-4-14;1-2-3/h2-12,20-23H,1H3;/t20-,21+;/m1./s1/i/hT. The highest BCUT2D eigenvalue weighted by Crippen LogP contribution is 2.53. The molecule has 28 heavy (non-hydrogen) atoms. The van der Waals surface area contributed by atoms with Gasteiger partial charge in [-0.15, -0.1) is 11.8 Å². The quantitative estimate of drug-likeness (QED) is 0.273. The van der Waals surface area contributed by atoms with Gasteiger partial charge in [0.25, 0.3) is 1.43 Å². The van der Waals surface area contributed by atoms with Gasteiger partial charge in [-0.25, -0.2) is 0 Å². The molecular formula is C21H18IO3PS2. The zero-order valence-electron chi connectivity index (χ0n) is 15.9. The SMILES string of the molecule is S=PI.[3H]Oc1ccc([C@@H]2Sc3cc(C)ccc3O[C@@H]2c2ccc(O)cc2)cc1. The van der Waals surface area contributed by atoms with Crippen LogP contribution >= 0.6 is 38.8 Å². The predicted octanol–water partition coefficient (Wildman–Crippen LogP) is 7.12. The summed E-state index contributed by atoms with van der Waals surface area (Å²) in [6.07, 6.45) is -0.182. The maximum absolute atomic E-state index is 9.61. The number of hydrogen-bond donors (Lipinski definition) is 2. The highest BCUT2D eigenvalue weighted by Gasteiger charge is 2.33. The number of thioether (sulfide) groups is 1. The van der Waals surface area contributed by atoms with E-state index in [1.807, 2.05) is 36.4 Å². The summed E-state index contributed by atoms with van der Waals surface area (Å²) in [7, 11) is 0. The fourth-order valence-electron chi connectivity index (χ4n) is 3.01. The molecule has 0 spiro atoms. The van der Waals surface area contributed by atoms with E-state index in [9.17, 15) is 5.11 Å². The van der Waals surface area contributed by atoms with Gasteiger partial charge in [0.1, 0.15) is 23.4 Å². The van der Waals surface area contributed by atoms with Gasteiger partial charge in [0, 0.05) is 5.00 Å². The Morgan fingerprint density at radius 3 is 2.29 bits per heavy atom. The summed E-state index contributed by atoms with van der Waals surface area (Å²) in [6, 6.07) is 20.9. The Morgan fingerprint density at radius 1 is 1.04 bits per heavy atom. The summed E-state index contributed by atoms with van der Waals surface area (Å²) >= 11 is 8.20. The normalized spacial score (nSPS) is 18.1. The van der Waals surface area contributed by atoms with E-state index in [4.69, 9.17) is 6.17 Å².